The van der Waals surface area contributed by atoms with E-state index in [1.807, 2.05) is 6.08 Å². The second kappa shape index (κ2) is 5.07. The van der Waals surface area contributed by atoms with Gasteiger partial charge in [-0.25, -0.2) is 0 Å². The van der Waals surface area contributed by atoms with E-state index >= 15 is 0 Å². The van der Waals surface area contributed by atoms with Crippen LogP contribution in [0.4, 0.5) is 0 Å². The molecule has 0 spiro atoms. The van der Waals surface area contributed by atoms with Crippen LogP contribution in [0, 0.1) is 11.3 Å². The van der Waals surface area contributed by atoms with Crippen LogP contribution in [0.2, 0.25) is 0 Å². The van der Waals surface area contributed by atoms with Crippen molar-refractivity contribution in [3.8, 4) is 0 Å². The van der Waals surface area contributed by atoms with Crippen molar-refractivity contribution in [2.45, 2.75) is 34.1 Å². The summed E-state index contributed by atoms with van der Waals surface area (Å²) in [7, 11) is 0. The molecule has 2 nitrogen and oxygen atoms in total. The van der Waals surface area contributed by atoms with Crippen molar-refractivity contribution in [1.82, 2.24) is 0 Å². The fourth-order valence-electron chi connectivity index (χ4n) is 1.41. The van der Waals surface area contributed by atoms with Crippen LogP contribution < -0.4 is 5.90 Å². The zero-order chi connectivity index (χ0) is 10.5. The number of rotatable bonds is 4. The van der Waals surface area contributed by atoms with E-state index in [9.17, 15) is 0 Å². The highest BCUT2D eigenvalue weighted by Gasteiger charge is 2.22. The lowest BCUT2D eigenvalue weighted by Gasteiger charge is -2.27. The minimum absolute atomic E-state index is 0.0776. The van der Waals surface area contributed by atoms with Crippen molar-refractivity contribution >= 4 is 0 Å². The molecule has 0 aliphatic heterocycles. The van der Waals surface area contributed by atoms with Crippen molar-refractivity contribution in [3.63, 3.8) is 0 Å². The Balaban J connectivity index is 4.80. The van der Waals surface area contributed by atoms with Gasteiger partial charge < -0.3 is 4.84 Å². The minimum Gasteiger partial charge on any atom is -0.419 e. The van der Waals surface area contributed by atoms with Gasteiger partial charge in [-0.1, -0.05) is 33.8 Å². The summed E-state index contributed by atoms with van der Waals surface area (Å²) in [6.07, 6.45) is 4.60. The molecule has 0 aliphatic rings. The molecule has 0 aromatic carbocycles. The highest BCUT2D eigenvalue weighted by molar-refractivity contribution is 5.16. The van der Waals surface area contributed by atoms with Gasteiger partial charge in [-0.3, -0.25) is 0 Å². The fraction of sp³-hybridized carbons (Fsp3) is 0.636. The summed E-state index contributed by atoms with van der Waals surface area (Å²) in [4.78, 5) is 4.61. The Kier molecular flexibility index (Phi) is 4.78. The van der Waals surface area contributed by atoms with Crippen molar-refractivity contribution in [2.24, 2.45) is 17.2 Å². The second-order valence-corrected chi connectivity index (χ2v) is 4.21. The molecule has 0 heterocycles. The molecule has 2 heteroatoms. The molecule has 0 saturated heterocycles. The van der Waals surface area contributed by atoms with Crippen molar-refractivity contribution in [2.75, 3.05) is 0 Å². The van der Waals surface area contributed by atoms with Gasteiger partial charge in [0.1, 0.15) is 6.26 Å². The molecule has 76 valence electrons. The molecule has 1 unspecified atom stereocenters. The summed E-state index contributed by atoms with van der Waals surface area (Å²) in [6.45, 7) is 12.4. The molecule has 0 radical (unpaired) electrons. The van der Waals surface area contributed by atoms with Crippen LogP contribution in [0.5, 0.6) is 0 Å². The van der Waals surface area contributed by atoms with Crippen LogP contribution >= 0.6 is 0 Å². The highest BCUT2D eigenvalue weighted by atomic mass is 16.6. The van der Waals surface area contributed by atoms with Crippen LogP contribution in [0.15, 0.2) is 24.5 Å². The van der Waals surface area contributed by atoms with E-state index < -0.39 is 0 Å². The molecule has 0 amide bonds. The van der Waals surface area contributed by atoms with E-state index in [2.05, 4.69) is 39.1 Å². The van der Waals surface area contributed by atoms with Gasteiger partial charge in [-0.05, 0) is 17.4 Å². The summed E-state index contributed by atoms with van der Waals surface area (Å²) in [6, 6.07) is 0. The molecule has 0 fully saturated rings. The Hall–Kier alpha value is -0.760. The predicted octanol–water partition coefficient (Wildman–Crippen LogP) is 3.02. The van der Waals surface area contributed by atoms with Crippen molar-refractivity contribution < 1.29 is 4.84 Å². The number of hydrogen-bond acceptors (Lipinski definition) is 2. The van der Waals surface area contributed by atoms with Crippen molar-refractivity contribution in [3.05, 3.63) is 24.5 Å². The van der Waals surface area contributed by atoms with Gasteiger partial charge in [0.25, 0.3) is 0 Å². The molecule has 0 aliphatic carbocycles. The summed E-state index contributed by atoms with van der Waals surface area (Å²) in [5, 5.41) is 0. The number of nitrogens with two attached hydrogens (primary N) is 1. The normalized spacial score (nSPS) is 15.3. The average molecular weight is 183 g/mol. The van der Waals surface area contributed by atoms with Crippen LogP contribution in [0.3, 0.4) is 0 Å². The number of allylic oxidation sites excluding steroid dienone is 2. The predicted molar refractivity (Wildman–Crippen MR) is 56.8 cm³/mol. The molecule has 0 rings (SSSR count). The highest BCUT2D eigenvalue weighted by Crippen LogP contribution is 2.33. The Bertz CT molecular complexity index is 189. The van der Waals surface area contributed by atoms with E-state index in [0.29, 0.717) is 5.92 Å². The molecule has 0 aromatic rings. The first-order valence-electron chi connectivity index (χ1n) is 4.66. The summed E-state index contributed by atoms with van der Waals surface area (Å²) >= 11 is 0. The average Bonchev–Trinajstić information content (AvgIpc) is 2.03. The second-order valence-electron chi connectivity index (χ2n) is 4.21. The van der Waals surface area contributed by atoms with Gasteiger partial charge >= 0.3 is 0 Å². The molecule has 0 aromatic heterocycles. The number of hydrogen-bond donors (Lipinski definition) is 1. The molecule has 0 saturated carbocycles. The SMILES string of the molecule is C=CC(CC)/C(=C\ON)C(C)(C)C. The maximum Gasteiger partial charge on any atom is 0.111 e. The van der Waals surface area contributed by atoms with E-state index in [-0.39, 0.29) is 5.41 Å². The smallest absolute Gasteiger partial charge is 0.111 e. The monoisotopic (exact) mass is 183 g/mol. The fourth-order valence-corrected chi connectivity index (χ4v) is 1.41. The third kappa shape index (κ3) is 3.64. The van der Waals surface area contributed by atoms with E-state index in [1.54, 1.807) is 6.26 Å². The van der Waals surface area contributed by atoms with Gasteiger partial charge in [0.05, 0.1) is 0 Å². The van der Waals surface area contributed by atoms with Gasteiger partial charge in [-0.15, -0.1) is 6.58 Å². The first-order valence-corrected chi connectivity index (χ1v) is 4.66. The molecule has 2 N–H and O–H groups in total. The van der Waals surface area contributed by atoms with Crippen LogP contribution in [0.25, 0.3) is 0 Å². The lowest BCUT2D eigenvalue weighted by molar-refractivity contribution is 0.245. The van der Waals surface area contributed by atoms with E-state index in [1.165, 1.54) is 5.57 Å². The van der Waals surface area contributed by atoms with Crippen LogP contribution in [-0.2, 0) is 4.84 Å². The Morgan fingerprint density at radius 2 is 2.08 bits per heavy atom. The quantitative estimate of drug-likeness (QED) is 0.413. The Morgan fingerprint density at radius 3 is 2.31 bits per heavy atom. The third-order valence-corrected chi connectivity index (χ3v) is 2.18. The molecule has 0 bridgehead atoms. The Morgan fingerprint density at radius 1 is 1.54 bits per heavy atom. The van der Waals surface area contributed by atoms with E-state index in [0.717, 1.165) is 6.42 Å². The van der Waals surface area contributed by atoms with Crippen LogP contribution in [0.1, 0.15) is 34.1 Å². The standard InChI is InChI=1S/C11H21NO/c1-6-9(7-2)10(8-13-12)11(3,4)5/h6,8-9H,1,7,12H2,2-5H3/b10-8+. The third-order valence-electron chi connectivity index (χ3n) is 2.18. The lowest BCUT2D eigenvalue weighted by atomic mass is 9.78. The zero-order valence-electron chi connectivity index (χ0n) is 9.13. The van der Waals surface area contributed by atoms with Gasteiger partial charge in [0.15, 0.2) is 0 Å². The van der Waals surface area contributed by atoms with Gasteiger partial charge in [0, 0.05) is 5.92 Å². The van der Waals surface area contributed by atoms with Crippen LogP contribution in [-0.4, -0.2) is 0 Å². The summed E-state index contributed by atoms with van der Waals surface area (Å²) in [5.41, 5.74) is 1.27. The van der Waals surface area contributed by atoms with Crippen molar-refractivity contribution in [1.29, 1.82) is 0 Å². The van der Waals surface area contributed by atoms with Gasteiger partial charge in [0.2, 0.25) is 0 Å². The molecule has 13 heavy (non-hydrogen) atoms. The summed E-state index contributed by atoms with van der Waals surface area (Å²) < 4.78 is 0. The Labute approximate surface area is 81.4 Å². The maximum absolute atomic E-state index is 5.06. The summed E-state index contributed by atoms with van der Waals surface area (Å²) in [5.74, 6) is 5.41. The minimum atomic E-state index is 0.0776. The lowest BCUT2D eigenvalue weighted by Crippen LogP contribution is -2.17. The zero-order valence-corrected chi connectivity index (χ0v) is 9.13. The molecular weight excluding hydrogens is 162 g/mol. The van der Waals surface area contributed by atoms with Gasteiger partial charge in [-0.2, -0.15) is 5.90 Å². The maximum atomic E-state index is 5.06. The first kappa shape index (κ1) is 12.2. The largest absolute Gasteiger partial charge is 0.419 e. The van der Waals surface area contributed by atoms with E-state index in [4.69, 9.17) is 5.90 Å². The molecule has 1 atom stereocenters. The topological polar surface area (TPSA) is 35.2 Å². The molecular formula is C11H21NO. The first-order chi connectivity index (χ1) is 5.97.